The second kappa shape index (κ2) is 11.9. The zero-order chi connectivity index (χ0) is 28.2. The van der Waals surface area contributed by atoms with Gasteiger partial charge in [0.1, 0.15) is 12.2 Å². The summed E-state index contributed by atoms with van der Waals surface area (Å²) in [5, 5.41) is 0.903. The second-order valence-corrected chi connectivity index (χ2v) is 9.95. The van der Waals surface area contributed by atoms with E-state index in [1.54, 1.807) is 72.8 Å². The number of benzene rings is 4. The van der Waals surface area contributed by atoms with Crippen LogP contribution in [0.4, 0.5) is 11.4 Å². The maximum atomic E-state index is 13.7. The topological polar surface area (TPSA) is 59.1 Å². The number of amides is 2. The molecule has 1 fully saturated rings. The van der Waals surface area contributed by atoms with Gasteiger partial charge in [-0.15, -0.1) is 0 Å². The maximum absolute atomic E-state index is 13.7. The molecule has 0 radical (unpaired) electrons. The molecule has 4 aromatic carbocycles. The third-order valence-electron chi connectivity index (χ3n) is 6.11. The number of para-hydroxylation sites is 2. The summed E-state index contributed by atoms with van der Waals surface area (Å²) >= 11 is 18.3. The molecule has 5 rings (SSSR count). The summed E-state index contributed by atoms with van der Waals surface area (Å²) in [6.45, 7) is 0.212. The van der Waals surface area contributed by atoms with Gasteiger partial charge in [-0.2, -0.15) is 0 Å². The van der Waals surface area contributed by atoms with Crippen molar-refractivity contribution in [3.05, 3.63) is 124 Å². The zero-order valence-electron chi connectivity index (χ0n) is 21.2. The molecule has 2 amide bonds. The van der Waals surface area contributed by atoms with Gasteiger partial charge in [0.25, 0.3) is 11.8 Å². The summed E-state index contributed by atoms with van der Waals surface area (Å²) in [6.07, 6.45) is 1.48. The van der Waals surface area contributed by atoms with Crippen molar-refractivity contribution in [3.8, 4) is 11.5 Å². The summed E-state index contributed by atoms with van der Waals surface area (Å²) < 4.78 is 11.5. The van der Waals surface area contributed by atoms with Crippen LogP contribution >= 0.6 is 35.4 Å². The van der Waals surface area contributed by atoms with E-state index in [1.165, 1.54) is 23.0 Å². The fourth-order valence-electron chi connectivity index (χ4n) is 4.25. The van der Waals surface area contributed by atoms with Crippen LogP contribution in [-0.4, -0.2) is 24.0 Å². The molecule has 4 aromatic rings. The third kappa shape index (κ3) is 5.58. The number of hydrogen-bond acceptors (Lipinski definition) is 5. The van der Waals surface area contributed by atoms with Crippen LogP contribution in [0.15, 0.2) is 103 Å². The van der Waals surface area contributed by atoms with Gasteiger partial charge >= 0.3 is 0 Å². The molecule has 0 aliphatic carbocycles. The summed E-state index contributed by atoms with van der Waals surface area (Å²) in [7, 11) is 1.48. The molecule has 0 N–H and O–H groups in total. The molecular formula is C31H22Cl2N2O4S. The van der Waals surface area contributed by atoms with Crippen molar-refractivity contribution < 1.29 is 19.1 Å². The lowest BCUT2D eigenvalue weighted by atomic mass is 10.0. The Bertz CT molecular complexity index is 1560. The minimum atomic E-state index is -0.551. The number of hydrogen-bond donors (Lipinski definition) is 0. The van der Waals surface area contributed by atoms with Crippen LogP contribution in [0.5, 0.6) is 11.5 Å². The van der Waals surface area contributed by atoms with Gasteiger partial charge in [0.05, 0.1) is 23.5 Å². The molecule has 0 aromatic heterocycles. The number of methoxy groups -OCH3 is 1. The molecule has 1 aliphatic rings. The molecule has 1 heterocycles. The van der Waals surface area contributed by atoms with Crippen molar-refractivity contribution in [3.63, 3.8) is 0 Å². The number of carbonyl (C=O) groups is 2. The number of halogens is 2. The molecule has 200 valence electrons. The van der Waals surface area contributed by atoms with E-state index in [0.29, 0.717) is 33.5 Å². The van der Waals surface area contributed by atoms with Gasteiger partial charge in [-0.3, -0.25) is 19.4 Å². The van der Waals surface area contributed by atoms with E-state index in [2.05, 4.69) is 0 Å². The van der Waals surface area contributed by atoms with Crippen LogP contribution < -0.4 is 19.3 Å². The number of anilines is 2. The average molecular weight is 590 g/mol. The average Bonchev–Trinajstić information content (AvgIpc) is 2.96. The van der Waals surface area contributed by atoms with Crippen molar-refractivity contribution in [2.24, 2.45) is 0 Å². The zero-order valence-corrected chi connectivity index (χ0v) is 23.5. The predicted molar refractivity (Wildman–Crippen MR) is 162 cm³/mol. The monoisotopic (exact) mass is 588 g/mol. The molecule has 1 saturated heterocycles. The summed E-state index contributed by atoms with van der Waals surface area (Å²) in [5.74, 6) is -0.437. The Labute approximate surface area is 246 Å². The second-order valence-electron chi connectivity index (χ2n) is 8.75. The highest BCUT2D eigenvalue weighted by atomic mass is 35.5. The summed E-state index contributed by atoms with van der Waals surface area (Å²) in [5.41, 5.74) is 2.32. The normalized spacial score (nSPS) is 13.5. The Balaban J connectivity index is 1.54. The van der Waals surface area contributed by atoms with Crippen LogP contribution in [-0.2, 0) is 16.2 Å². The van der Waals surface area contributed by atoms with E-state index < -0.39 is 11.8 Å². The lowest BCUT2D eigenvalue weighted by Crippen LogP contribution is -2.56. The molecule has 0 unspecified atom stereocenters. The minimum absolute atomic E-state index is 0.0601. The lowest BCUT2D eigenvalue weighted by molar-refractivity contribution is -0.120. The molecule has 0 atom stereocenters. The van der Waals surface area contributed by atoms with E-state index in [9.17, 15) is 9.59 Å². The highest BCUT2D eigenvalue weighted by Crippen LogP contribution is 2.38. The summed E-state index contributed by atoms with van der Waals surface area (Å²) in [6, 6.07) is 28.4. The fourth-order valence-corrected chi connectivity index (χ4v) is 5.11. The molecule has 6 nitrogen and oxygen atoms in total. The first-order chi connectivity index (χ1) is 19.4. The quantitative estimate of drug-likeness (QED) is 0.128. The molecule has 9 heteroatoms. The molecule has 1 aliphatic heterocycles. The van der Waals surface area contributed by atoms with Gasteiger partial charge in [-0.1, -0.05) is 71.7 Å². The smallest absolute Gasteiger partial charge is 0.270 e. The van der Waals surface area contributed by atoms with Crippen LogP contribution in [0, 0.1) is 0 Å². The summed E-state index contributed by atoms with van der Waals surface area (Å²) in [4.78, 5) is 30.2. The number of rotatable bonds is 7. The fraction of sp³-hybridized carbons (Fsp3) is 0.0645. The van der Waals surface area contributed by atoms with E-state index in [4.69, 9.17) is 44.9 Å². The van der Waals surface area contributed by atoms with Crippen molar-refractivity contribution in [1.29, 1.82) is 0 Å². The van der Waals surface area contributed by atoms with E-state index in [1.807, 2.05) is 24.3 Å². The van der Waals surface area contributed by atoms with Gasteiger partial charge in [-0.25, -0.2) is 0 Å². The maximum Gasteiger partial charge on any atom is 0.270 e. The largest absolute Gasteiger partial charge is 0.493 e. The van der Waals surface area contributed by atoms with Crippen LogP contribution in [0.25, 0.3) is 6.08 Å². The number of ether oxygens (including phenoxy) is 2. The number of thiocarbonyl (C=S) groups is 1. The standard InChI is InChI=1S/C31H22Cl2N2O4S/c1-38-27-18-21(17-26(33)28(27)39-19-20-9-8-10-22(32)15-20)16-25-29(36)34(23-11-4-2-5-12-23)31(40)35(30(25)37)24-13-6-3-7-14-24/h2-18H,19H2,1H3. The van der Waals surface area contributed by atoms with Gasteiger partial charge in [0.2, 0.25) is 0 Å². The van der Waals surface area contributed by atoms with Gasteiger partial charge in [0.15, 0.2) is 16.6 Å². The highest BCUT2D eigenvalue weighted by molar-refractivity contribution is 7.81. The predicted octanol–water partition coefficient (Wildman–Crippen LogP) is 7.33. The van der Waals surface area contributed by atoms with Gasteiger partial charge in [0, 0.05) is 5.02 Å². The first-order valence-electron chi connectivity index (χ1n) is 12.2. The highest BCUT2D eigenvalue weighted by Gasteiger charge is 2.41. The molecule has 0 spiro atoms. The van der Waals surface area contributed by atoms with Crippen molar-refractivity contribution in [2.45, 2.75) is 6.61 Å². The van der Waals surface area contributed by atoms with Crippen LogP contribution in [0.1, 0.15) is 11.1 Å². The first kappa shape index (κ1) is 27.4. The van der Waals surface area contributed by atoms with E-state index in [-0.39, 0.29) is 22.3 Å². The first-order valence-corrected chi connectivity index (χ1v) is 13.3. The van der Waals surface area contributed by atoms with E-state index in [0.717, 1.165) is 5.56 Å². The van der Waals surface area contributed by atoms with Crippen LogP contribution in [0.3, 0.4) is 0 Å². The Hall–Kier alpha value is -4.17. The molecule has 0 saturated carbocycles. The SMILES string of the molecule is COc1cc(C=C2C(=O)N(c3ccccc3)C(=S)N(c3ccccc3)C2=O)cc(Cl)c1OCc1cccc(Cl)c1. The Morgan fingerprint density at radius 3 is 1.95 bits per heavy atom. The van der Waals surface area contributed by atoms with Crippen molar-refractivity contribution in [1.82, 2.24) is 0 Å². The Kier molecular flexibility index (Phi) is 8.16. The molecular weight excluding hydrogens is 567 g/mol. The van der Waals surface area contributed by atoms with Crippen molar-refractivity contribution >= 4 is 69.8 Å². The number of carbonyl (C=O) groups excluding carboxylic acids is 2. The molecule has 40 heavy (non-hydrogen) atoms. The third-order valence-corrected chi connectivity index (χ3v) is 6.99. The number of nitrogens with zero attached hydrogens (tertiary/aromatic N) is 2. The minimum Gasteiger partial charge on any atom is -0.493 e. The van der Waals surface area contributed by atoms with E-state index >= 15 is 0 Å². The van der Waals surface area contributed by atoms with Crippen LogP contribution in [0.2, 0.25) is 10.0 Å². The Morgan fingerprint density at radius 2 is 1.40 bits per heavy atom. The van der Waals surface area contributed by atoms with Gasteiger partial charge in [-0.05, 0) is 78.0 Å². The van der Waals surface area contributed by atoms with Crippen molar-refractivity contribution in [2.75, 3.05) is 16.9 Å². The van der Waals surface area contributed by atoms with Gasteiger partial charge < -0.3 is 9.47 Å². The lowest BCUT2D eigenvalue weighted by Gasteiger charge is -2.36. The Morgan fingerprint density at radius 1 is 0.800 bits per heavy atom. The molecule has 0 bridgehead atoms.